The molecule has 19 heavy (non-hydrogen) atoms. The molecule has 0 saturated heterocycles. The second-order valence-corrected chi connectivity index (χ2v) is 5.01. The number of nitrogens with one attached hydrogen (secondary N) is 1. The minimum atomic E-state index is -0.0820. The highest BCUT2D eigenvalue weighted by Gasteiger charge is 2.17. The number of nitrogens with two attached hydrogens (primary N) is 1. The van der Waals surface area contributed by atoms with Gasteiger partial charge in [-0.25, -0.2) is 0 Å². The molecule has 1 atom stereocenters. The fourth-order valence-electron chi connectivity index (χ4n) is 1.81. The van der Waals surface area contributed by atoms with Crippen molar-refractivity contribution in [1.29, 1.82) is 0 Å². The molecule has 2 rings (SSSR count). The van der Waals surface area contributed by atoms with E-state index < -0.39 is 0 Å². The highest BCUT2D eigenvalue weighted by Crippen LogP contribution is 2.39. The summed E-state index contributed by atoms with van der Waals surface area (Å²) < 4.78 is 10.4. The van der Waals surface area contributed by atoms with Crippen molar-refractivity contribution < 1.29 is 14.3 Å². The Morgan fingerprint density at radius 3 is 2.84 bits per heavy atom. The SMILES string of the molecule is CC(N)CCCC(=O)Nc1cc2c(cc1Cl)OCO2. The maximum absolute atomic E-state index is 11.8. The Morgan fingerprint density at radius 1 is 1.47 bits per heavy atom. The van der Waals surface area contributed by atoms with Gasteiger partial charge in [0, 0.05) is 24.6 Å². The summed E-state index contributed by atoms with van der Waals surface area (Å²) in [4.78, 5) is 11.8. The van der Waals surface area contributed by atoms with E-state index in [4.69, 9.17) is 26.8 Å². The van der Waals surface area contributed by atoms with Crippen molar-refractivity contribution in [2.45, 2.75) is 32.2 Å². The smallest absolute Gasteiger partial charge is 0.231 e. The zero-order chi connectivity index (χ0) is 13.8. The number of amides is 1. The summed E-state index contributed by atoms with van der Waals surface area (Å²) in [6.45, 7) is 2.10. The molecule has 1 unspecified atom stereocenters. The van der Waals surface area contributed by atoms with Crippen molar-refractivity contribution in [2.75, 3.05) is 12.1 Å². The Kier molecular flexibility index (Phi) is 4.50. The third kappa shape index (κ3) is 3.75. The number of halogens is 1. The first-order valence-electron chi connectivity index (χ1n) is 6.21. The van der Waals surface area contributed by atoms with Crippen LogP contribution in [0.25, 0.3) is 0 Å². The summed E-state index contributed by atoms with van der Waals surface area (Å²) in [6, 6.07) is 3.43. The summed E-state index contributed by atoms with van der Waals surface area (Å²) in [6.07, 6.45) is 2.00. The minimum Gasteiger partial charge on any atom is -0.454 e. The van der Waals surface area contributed by atoms with Crippen LogP contribution in [0.3, 0.4) is 0 Å². The van der Waals surface area contributed by atoms with Crippen molar-refractivity contribution in [3.8, 4) is 11.5 Å². The zero-order valence-corrected chi connectivity index (χ0v) is 11.5. The molecule has 0 saturated carbocycles. The molecule has 0 aliphatic carbocycles. The van der Waals surface area contributed by atoms with Crippen molar-refractivity contribution >= 4 is 23.2 Å². The largest absolute Gasteiger partial charge is 0.454 e. The molecule has 0 spiro atoms. The topological polar surface area (TPSA) is 73.6 Å². The minimum absolute atomic E-state index is 0.0820. The molecule has 1 aliphatic heterocycles. The predicted molar refractivity (Wildman–Crippen MR) is 73.7 cm³/mol. The van der Waals surface area contributed by atoms with Gasteiger partial charge < -0.3 is 20.5 Å². The van der Waals surface area contributed by atoms with E-state index in [0.29, 0.717) is 28.6 Å². The van der Waals surface area contributed by atoms with E-state index in [1.165, 1.54) is 0 Å². The molecule has 1 heterocycles. The number of hydrogen-bond acceptors (Lipinski definition) is 4. The average molecular weight is 285 g/mol. The summed E-state index contributed by atoms with van der Waals surface area (Å²) in [7, 11) is 0. The van der Waals surface area contributed by atoms with E-state index in [-0.39, 0.29) is 18.7 Å². The molecular weight excluding hydrogens is 268 g/mol. The number of anilines is 1. The molecule has 1 aromatic carbocycles. The number of carbonyl (C=O) groups excluding carboxylic acids is 1. The molecule has 0 fully saturated rings. The fraction of sp³-hybridized carbons (Fsp3) is 0.462. The van der Waals surface area contributed by atoms with E-state index >= 15 is 0 Å². The third-order valence-electron chi connectivity index (χ3n) is 2.80. The molecular formula is C13H17ClN2O3. The fourth-order valence-corrected chi connectivity index (χ4v) is 2.01. The second kappa shape index (κ2) is 6.12. The molecule has 5 nitrogen and oxygen atoms in total. The number of ether oxygens (including phenoxy) is 2. The van der Waals surface area contributed by atoms with Gasteiger partial charge in [0.1, 0.15) is 0 Å². The lowest BCUT2D eigenvalue weighted by molar-refractivity contribution is -0.116. The molecule has 1 aromatic rings. The van der Waals surface area contributed by atoms with Crippen LogP contribution in [-0.2, 0) is 4.79 Å². The number of hydrogen-bond donors (Lipinski definition) is 2. The van der Waals surface area contributed by atoms with Crippen molar-refractivity contribution in [2.24, 2.45) is 5.73 Å². The molecule has 3 N–H and O–H groups in total. The van der Waals surface area contributed by atoms with Gasteiger partial charge in [-0.3, -0.25) is 4.79 Å². The van der Waals surface area contributed by atoms with Crippen LogP contribution in [0.1, 0.15) is 26.2 Å². The second-order valence-electron chi connectivity index (χ2n) is 4.60. The maximum Gasteiger partial charge on any atom is 0.231 e. The van der Waals surface area contributed by atoms with E-state index in [2.05, 4.69) is 5.32 Å². The van der Waals surface area contributed by atoms with E-state index in [0.717, 1.165) is 12.8 Å². The maximum atomic E-state index is 11.8. The molecule has 0 bridgehead atoms. The highest BCUT2D eigenvalue weighted by atomic mass is 35.5. The predicted octanol–water partition coefficient (Wildman–Crippen LogP) is 2.52. The standard InChI is InChI=1S/C13H17ClN2O3/c1-8(15)3-2-4-13(17)16-10-6-12-11(5-9(10)14)18-7-19-12/h5-6,8H,2-4,7,15H2,1H3,(H,16,17). The van der Waals surface area contributed by atoms with Crippen LogP contribution >= 0.6 is 11.6 Å². The van der Waals surface area contributed by atoms with Crippen LogP contribution in [0.5, 0.6) is 11.5 Å². The Labute approximate surface area is 117 Å². The van der Waals surface area contributed by atoms with Gasteiger partial charge >= 0.3 is 0 Å². The van der Waals surface area contributed by atoms with E-state index in [1.54, 1.807) is 12.1 Å². The lowest BCUT2D eigenvalue weighted by Gasteiger charge is -2.09. The Hall–Kier alpha value is -1.46. The van der Waals surface area contributed by atoms with Gasteiger partial charge in [0.15, 0.2) is 11.5 Å². The number of benzene rings is 1. The number of carbonyl (C=O) groups is 1. The van der Waals surface area contributed by atoms with Crippen LogP contribution in [0.15, 0.2) is 12.1 Å². The number of rotatable bonds is 5. The van der Waals surface area contributed by atoms with Gasteiger partial charge in [-0.1, -0.05) is 11.6 Å². The van der Waals surface area contributed by atoms with Crippen LogP contribution in [0, 0.1) is 0 Å². The van der Waals surface area contributed by atoms with Gasteiger partial charge in [0.25, 0.3) is 0 Å². The van der Waals surface area contributed by atoms with Crippen molar-refractivity contribution in [3.63, 3.8) is 0 Å². The van der Waals surface area contributed by atoms with Crippen molar-refractivity contribution in [1.82, 2.24) is 0 Å². The van der Waals surface area contributed by atoms with Crippen LogP contribution in [-0.4, -0.2) is 18.7 Å². The third-order valence-corrected chi connectivity index (χ3v) is 3.11. The van der Waals surface area contributed by atoms with Crippen LogP contribution in [0.2, 0.25) is 5.02 Å². The van der Waals surface area contributed by atoms with Gasteiger partial charge in [0.05, 0.1) is 10.7 Å². The summed E-state index contributed by atoms with van der Waals surface area (Å²) in [5, 5.41) is 3.20. The first-order valence-corrected chi connectivity index (χ1v) is 6.58. The van der Waals surface area contributed by atoms with Gasteiger partial charge in [-0.05, 0) is 19.8 Å². The molecule has 1 amide bonds. The van der Waals surface area contributed by atoms with Gasteiger partial charge in [0.2, 0.25) is 12.7 Å². The van der Waals surface area contributed by atoms with Gasteiger partial charge in [-0.15, -0.1) is 0 Å². The van der Waals surface area contributed by atoms with E-state index in [1.807, 2.05) is 6.92 Å². The van der Waals surface area contributed by atoms with E-state index in [9.17, 15) is 4.79 Å². The quantitative estimate of drug-likeness (QED) is 0.871. The normalized spacial score (nSPS) is 14.3. The Bertz CT molecular complexity index is 477. The molecule has 1 aliphatic rings. The Balaban J connectivity index is 1.93. The number of fused-ring (bicyclic) bond motifs is 1. The molecule has 6 heteroatoms. The lowest BCUT2D eigenvalue weighted by Crippen LogP contribution is -2.17. The highest BCUT2D eigenvalue weighted by molar-refractivity contribution is 6.34. The summed E-state index contributed by atoms with van der Waals surface area (Å²) in [5.41, 5.74) is 6.17. The Morgan fingerprint density at radius 2 is 2.16 bits per heavy atom. The first-order chi connectivity index (χ1) is 9.06. The molecule has 0 aromatic heterocycles. The molecule has 104 valence electrons. The lowest BCUT2D eigenvalue weighted by atomic mass is 10.1. The van der Waals surface area contributed by atoms with Crippen LogP contribution < -0.4 is 20.5 Å². The zero-order valence-electron chi connectivity index (χ0n) is 10.7. The van der Waals surface area contributed by atoms with Crippen LogP contribution in [0.4, 0.5) is 5.69 Å². The average Bonchev–Trinajstić information content (AvgIpc) is 2.76. The summed E-state index contributed by atoms with van der Waals surface area (Å²) in [5.74, 6) is 1.11. The van der Waals surface area contributed by atoms with Crippen molar-refractivity contribution in [3.05, 3.63) is 17.2 Å². The monoisotopic (exact) mass is 284 g/mol. The summed E-state index contributed by atoms with van der Waals surface area (Å²) >= 11 is 6.07. The first kappa shape index (κ1) is 14.0. The van der Waals surface area contributed by atoms with Gasteiger partial charge in [-0.2, -0.15) is 0 Å². The molecule has 0 radical (unpaired) electrons.